The minimum absolute atomic E-state index is 0.949. The third kappa shape index (κ3) is 1.30. The predicted molar refractivity (Wildman–Crippen MR) is 55.2 cm³/mol. The first-order chi connectivity index (χ1) is 5.70. The third-order valence-corrected chi connectivity index (χ3v) is 2.00. The molecule has 0 bridgehead atoms. The largest absolute Gasteiger partial charge is 0.264 e. The van der Waals surface area contributed by atoms with Crippen LogP contribution < -0.4 is 0 Å². The van der Waals surface area contributed by atoms with Gasteiger partial charge in [-0.1, -0.05) is 24.8 Å². The molecule has 0 N–H and O–H groups in total. The number of aryl methyl sites for hydroxylation is 2. The van der Waals surface area contributed by atoms with Crippen LogP contribution >= 0.6 is 0 Å². The maximum absolute atomic E-state index is 3.98. The van der Waals surface area contributed by atoms with Gasteiger partial charge in [0.2, 0.25) is 0 Å². The molecule has 1 aromatic carbocycles. The molecular formula is C11H13N. The number of rotatable bonds is 2. The Hall–Kier alpha value is -1.37. The van der Waals surface area contributed by atoms with E-state index in [1.54, 1.807) is 0 Å². The Labute approximate surface area is 73.5 Å². The maximum atomic E-state index is 3.98. The van der Waals surface area contributed by atoms with E-state index in [1.165, 1.54) is 5.56 Å². The molecule has 1 rings (SSSR count). The van der Waals surface area contributed by atoms with E-state index in [9.17, 15) is 0 Å². The zero-order chi connectivity index (χ0) is 9.14. The first-order valence-corrected chi connectivity index (χ1v) is 3.90. The van der Waals surface area contributed by atoms with E-state index in [0.29, 0.717) is 0 Å². The lowest BCUT2D eigenvalue weighted by molar-refractivity contribution is 1.34. The SMILES string of the molecule is C=Cc1c(C)ccc(C)c1N=C. The average Bonchev–Trinajstić information content (AvgIpc) is 2.08. The summed E-state index contributed by atoms with van der Waals surface area (Å²) in [5.74, 6) is 0. The smallest absolute Gasteiger partial charge is 0.0726 e. The van der Waals surface area contributed by atoms with Crippen LogP contribution in [0, 0.1) is 13.8 Å². The van der Waals surface area contributed by atoms with Gasteiger partial charge in [0, 0.05) is 5.56 Å². The molecule has 12 heavy (non-hydrogen) atoms. The van der Waals surface area contributed by atoms with E-state index < -0.39 is 0 Å². The van der Waals surface area contributed by atoms with Crippen LogP contribution in [0.2, 0.25) is 0 Å². The van der Waals surface area contributed by atoms with Crippen molar-refractivity contribution in [1.82, 2.24) is 0 Å². The van der Waals surface area contributed by atoms with Gasteiger partial charge in [-0.15, -0.1) is 0 Å². The molecule has 0 spiro atoms. The molecule has 0 atom stereocenters. The zero-order valence-electron chi connectivity index (χ0n) is 7.59. The van der Waals surface area contributed by atoms with E-state index in [2.05, 4.69) is 24.4 Å². The Morgan fingerprint density at radius 1 is 1.25 bits per heavy atom. The zero-order valence-corrected chi connectivity index (χ0v) is 7.59. The molecule has 0 unspecified atom stereocenters. The Morgan fingerprint density at radius 2 is 1.83 bits per heavy atom. The molecule has 0 aliphatic rings. The number of hydrogen-bond acceptors (Lipinski definition) is 1. The fourth-order valence-electron chi connectivity index (χ4n) is 1.29. The van der Waals surface area contributed by atoms with Gasteiger partial charge in [-0.25, -0.2) is 0 Å². The van der Waals surface area contributed by atoms with E-state index in [-0.39, 0.29) is 0 Å². The Kier molecular flexibility index (Phi) is 2.44. The summed E-state index contributed by atoms with van der Waals surface area (Å²) >= 11 is 0. The van der Waals surface area contributed by atoms with Crippen LogP contribution in [0.15, 0.2) is 23.7 Å². The highest BCUT2D eigenvalue weighted by atomic mass is 14.7. The topological polar surface area (TPSA) is 12.4 Å². The van der Waals surface area contributed by atoms with Crippen molar-refractivity contribution >= 4 is 18.5 Å². The van der Waals surface area contributed by atoms with E-state index >= 15 is 0 Å². The second kappa shape index (κ2) is 3.35. The molecule has 0 radical (unpaired) electrons. The average molecular weight is 159 g/mol. The van der Waals surface area contributed by atoms with Crippen molar-refractivity contribution < 1.29 is 0 Å². The van der Waals surface area contributed by atoms with Gasteiger partial charge in [0.25, 0.3) is 0 Å². The van der Waals surface area contributed by atoms with Crippen LogP contribution in [0.3, 0.4) is 0 Å². The fraction of sp³-hybridized carbons (Fsp3) is 0.182. The lowest BCUT2D eigenvalue weighted by Crippen LogP contribution is -1.84. The number of aliphatic imine (C=N–C) groups is 1. The molecule has 0 saturated carbocycles. The van der Waals surface area contributed by atoms with E-state index in [4.69, 9.17) is 0 Å². The van der Waals surface area contributed by atoms with E-state index in [1.807, 2.05) is 26.0 Å². The summed E-state index contributed by atoms with van der Waals surface area (Å²) in [4.78, 5) is 3.98. The summed E-state index contributed by atoms with van der Waals surface area (Å²) in [7, 11) is 0. The monoisotopic (exact) mass is 159 g/mol. The molecule has 0 fully saturated rings. The van der Waals surface area contributed by atoms with Crippen LogP contribution in [0.1, 0.15) is 16.7 Å². The van der Waals surface area contributed by atoms with Gasteiger partial charge in [0.1, 0.15) is 0 Å². The predicted octanol–water partition coefficient (Wildman–Crippen LogP) is 3.28. The van der Waals surface area contributed by atoms with Crippen LogP contribution in [-0.4, -0.2) is 6.72 Å². The molecule has 0 saturated heterocycles. The van der Waals surface area contributed by atoms with Crippen molar-refractivity contribution in [2.75, 3.05) is 0 Å². The van der Waals surface area contributed by atoms with Gasteiger partial charge in [0.05, 0.1) is 5.69 Å². The van der Waals surface area contributed by atoms with Crippen molar-refractivity contribution in [3.63, 3.8) is 0 Å². The Bertz CT molecular complexity index is 291. The second-order valence-corrected chi connectivity index (χ2v) is 2.82. The van der Waals surface area contributed by atoms with Crippen LogP contribution in [0.4, 0.5) is 5.69 Å². The van der Waals surface area contributed by atoms with Gasteiger partial charge in [-0.2, -0.15) is 0 Å². The third-order valence-electron chi connectivity index (χ3n) is 2.00. The summed E-state index contributed by atoms with van der Waals surface area (Å²) in [5.41, 5.74) is 4.37. The summed E-state index contributed by atoms with van der Waals surface area (Å²) in [5, 5.41) is 0. The minimum atomic E-state index is 0.949. The van der Waals surface area contributed by atoms with Crippen molar-refractivity contribution in [1.29, 1.82) is 0 Å². The second-order valence-electron chi connectivity index (χ2n) is 2.82. The van der Waals surface area contributed by atoms with E-state index in [0.717, 1.165) is 16.8 Å². The van der Waals surface area contributed by atoms with Gasteiger partial charge in [-0.05, 0) is 31.7 Å². The molecule has 1 aromatic rings. The molecular weight excluding hydrogens is 146 g/mol. The van der Waals surface area contributed by atoms with Crippen molar-refractivity contribution in [3.05, 3.63) is 35.4 Å². The van der Waals surface area contributed by atoms with Gasteiger partial charge in [-0.3, -0.25) is 4.99 Å². The Morgan fingerprint density at radius 3 is 2.25 bits per heavy atom. The van der Waals surface area contributed by atoms with Crippen LogP contribution in [0.5, 0.6) is 0 Å². The summed E-state index contributed by atoms with van der Waals surface area (Å²) < 4.78 is 0. The number of nitrogens with zero attached hydrogens (tertiary/aromatic N) is 1. The molecule has 0 heterocycles. The lowest BCUT2D eigenvalue weighted by atomic mass is 10.0. The number of hydrogen-bond donors (Lipinski definition) is 0. The highest BCUT2D eigenvalue weighted by molar-refractivity contribution is 5.70. The van der Waals surface area contributed by atoms with Crippen molar-refractivity contribution in [3.8, 4) is 0 Å². The Balaban J connectivity index is 3.48. The normalized spacial score (nSPS) is 9.50. The summed E-state index contributed by atoms with van der Waals surface area (Å²) in [6, 6.07) is 4.12. The molecule has 1 nitrogen and oxygen atoms in total. The highest BCUT2D eigenvalue weighted by Crippen LogP contribution is 2.27. The molecule has 0 amide bonds. The van der Waals surface area contributed by atoms with Crippen LogP contribution in [0.25, 0.3) is 6.08 Å². The lowest BCUT2D eigenvalue weighted by Gasteiger charge is -2.06. The molecule has 0 aliphatic carbocycles. The highest BCUT2D eigenvalue weighted by Gasteiger charge is 2.02. The molecule has 1 heteroatoms. The molecule has 0 aliphatic heterocycles. The maximum Gasteiger partial charge on any atom is 0.0726 e. The molecule has 0 aromatic heterocycles. The van der Waals surface area contributed by atoms with Gasteiger partial charge in [0.15, 0.2) is 0 Å². The summed E-state index contributed by atoms with van der Waals surface area (Å²) in [6.45, 7) is 11.4. The minimum Gasteiger partial charge on any atom is -0.264 e. The standard InChI is InChI=1S/C11H13N/c1-5-10-8(2)6-7-9(3)11(10)12-4/h5-7H,1,4H2,2-3H3. The molecule has 62 valence electrons. The first-order valence-electron chi connectivity index (χ1n) is 3.90. The number of benzene rings is 1. The fourth-order valence-corrected chi connectivity index (χ4v) is 1.29. The quantitative estimate of drug-likeness (QED) is 0.587. The van der Waals surface area contributed by atoms with Crippen LogP contribution in [-0.2, 0) is 0 Å². The van der Waals surface area contributed by atoms with Crippen molar-refractivity contribution in [2.24, 2.45) is 4.99 Å². The van der Waals surface area contributed by atoms with Gasteiger partial charge < -0.3 is 0 Å². The first kappa shape index (κ1) is 8.72. The van der Waals surface area contributed by atoms with Gasteiger partial charge >= 0.3 is 0 Å². The van der Waals surface area contributed by atoms with Crippen molar-refractivity contribution in [2.45, 2.75) is 13.8 Å². The summed E-state index contributed by atoms with van der Waals surface area (Å²) in [6.07, 6.45) is 1.83.